The smallest absolute Gasteiger partial charge is 0.258 e. The van der Waals surface area contributed by atoms with Crippen LogP contribution in [0.5, 0.6) is 5.75 Å². The molecule has 3 aromatic rings. The molecule has 1 N–H and O–H groups in total. The van der Waals surface area contributed by atoms with Crippen LogP contribution in [0.25, 0.3) is 5.65 Å². The summed E-state index contributed by atoms with van der Waals surface area (Å²) in [7, 11) is 0. The number of pyridine rings is 1. The van der Waals surface area contributed by atoms with Crippen molar-refractivity contribution in [2.45, 2.75) is 65.3 Å². The van der Waals surface area contributed by atoms with Crippen LogP contribution in [0.2, 0.25) is 0 Å². The zero-order chi connectivity index (χ0) is 22.1. The van der Waals surface area contributed by atoms with Crippen molar-refractivity contribution in [2.24, 2.45) is 0 Å². The van der Waals surface area contributed by atoms with Crippen molar-refractivity contribution in [1.82, 2.24) is 19.9 Å². The van der Waals surface area contributed by atoms with Crippen LogP contribution in [0.1, 0.15) is 71.5 Å². The van der Waals surface area contributed by atoms with Gasteiger partial charge in [-0.25, -0.2) is 0 Å². The van der Waals surface area contributed by atoms with Gasteiger partial charge in [0.2, 0.25) is 0 Å². The molecule has 1 unspecified atom stereocenters. The number of carbonyl (C=O) groups excluding carboxylic acids is 1. The number of benzene rings is 1. The summed E-state index contributed by atoms with van der Waals surface area (Å²) in [6.45, 7) is 14.9. The summed E-state index contributed by atoms with van der Waals surface area (Å²) in [5.74, 6) is 1.23. The number of nitrogens with one attached hydrogen (secondary N) is 1. The van der Waals surface area contributed by atoms with Gasteiger partial charge >= 0.3 is 0 Å². The van der Waals surface area contributed by atoms with Crippen molar-refractivity contribution in [3.05, 3.63) is 59.5 Å². The molecule has 0 radical (unpaired) electrons. The molecule has 2 heterocycles. The zero-order valence-corrected chi connectivity index (χ0v) is 19.0. The Morgan fingerprint density at radius 2 is 1.80 bits per heavy atom. The molecule has 0 bridgehead atoms. The van der Waals surface area contributed by atoms with E-state index in [0.717, 1.165) is 17.0 Å². The van der Waals surface area contributed by atoms with E-state index in [1.54, 1.807) is 0 Å². The molecule has 6 heteroatoms. The number of fused-ring (bicyclic) bond motifs is 1. The third kappa shape index (κ3) is 4.81. The Morgan fingerprint density at radius 3 is 2.47 bits per heavy atom. The molecule has 1 atom stereocenters. The first-order valence-corrected chi connectivity index (χ1v) is 10.3. The lowest BCUT2D eigenvalue weighted by atomic mass is 9.80. The maximum atomic E-state index is 12.6. The first-order valence-electron chi connectivity index (χ1n) is 10.3. The van der Waals surface area contributed by atoms with Crippen LogP contribution < -0.4 is 10.1 Å². The number of hydrogen-bond acceptors (Lipinski definition) is 4. The van der Waals surface area contributed by atoms with Gasteiger partial charge in [0.05, 0.1) is 6.04 Å². The third-order valence-corrected chi connectivity index (χ3v) is 5.12. The summed E-state index contributed by atoms with van der Waals surface area (Å²) >= 11 is 0. The van der Waals surface area contributed by atoms with Gasteiger partial charge in [0, 0.05) is 6.20 Å². The number of hydrogen-bond donors (Lipinski definition) is 1. The maximum Gasteiger partial charge on any atom is 0.258 e. The van der Waals surface area contributed by atoms with Gasteiger partial charge < -0.3 is 10.1 Å². The molecule has 160 valence electrons. The number of amides is 1. The van der Waals surface area contributed by atoms with E-state index in [1.807, 2.05) is 41.8 Å². The van der Waals surface area contributed by atoms with E-state index in [4.69, 9.17) is 4.74 Å². The van der Waals surface area contributed by atoms with Crippen molar-refractivity contribution < 1.29 is 9.53 Å². The molecule has 0 saturated heterocycles. The molecule has 6 nitrogen and oxygen atoms in total. The van der Waals surface area contributed by atoms with E-state index in [0.29, 0.717) is 5.82 Å². The lowest BCUT2D eigenvalue weighted by Crippen LogP contribution is -2.32. The van der Waals surface area contributed by atoms with Crippen LogP contribution >= 0.6 is 0 Å². The molecule has 0 aliphatic carbocycles. The Balaban J connectivity index is 1.71. The molecule has 1 aromatic carbocycles. The predicted molar refractivity (Wildman–Crippen MR) is 119 cm³/mol. The van der Waals surface area contributed by atoms with E-state index < -0.39 is 0 Å². The van der Waals surface area contributed by atoms with Crippen LogP contribution in [0, 0.1) is 0 Å². The summed E-state index contributed by atoms with van der Waals surface area (Å²) < 4.78 is 7.81. The molecule has 0 aliphatic heterocycles. The summed E-state index contributed by atoms with van der Waals surface area (Å²) in [4.78, 5) is 12.6. The molecule has 0 fully saturated rings. The van der Waals surface area contributed by atoms with Crippen molar-refractivity contribution in [3.63, 3.8) is 0 Å². The summed E-state index contributed by atoms with van der Waals surface area (Å²) in [6.07, 6.45) is 1.89. The first-order chi connectivity index (χ1) is 14.0. The second-order valence-electron chi connectivity index (χ2n) is 9.78. The van der Waals surface area contributed by atoms with Gasteiger partial charge in [0.25, 0.3) is 5.91 Å². The lowest BCUT2D eigenvalue weighted by molar-refractivity contribution is -0.123. The van der Waals surface area contributed by atoms with Crippen LogP contribution in [0.4, 0.5) is 0 Å². The molecule has 0 aliphatic rings. The SMILES string of the molecule is CC(NC(=O)COc1ccc(C(C)(C)C)cc1C(C)(C)C)c1nnc2ccccn12. The van der Waals surface area contributed by atoms with E-state index >= 15 is 0 Å². The van der Waals surface area contributed by atoms with Crippen molar-refractivity contribution in [2.75, 3.05) is 6.61 Å². The standard InChI is InChI=1S/C24H32N4O2/c1-16(22-27-26-20-10-8-9-13-28(20)22)25-21(29)15-30-19-12-11-17(23(2,3)4)14-18(19)24(5,6)7/h8-14,16H,15H2,1-7H3,(H,25,29). The minimum Gasteiger partial charge on any atom is -0.483 e. The van der Waals surface area contributed by atoms with Gasteiger partial charge in [-0.05, 0) is 47.1 Å². The Bertz CT molecular complexity index is 1040. The fourth-order valence-electron chi connectivity index (χ4n) is 3.35. The Morgan fingerprint density at radius 1 is 1.07 bits per heavy atom. The van der Waals surface area contributed by atoms with Gasteiger partial charge in [-0.2, -0.15) is 0 Å². The minimum absolute atomic E-state index is 0.0480. The number of aromatic nitrogens is 3. The Labute approximate surface area is 178 Å². The molecule has 3 rings (SSSR count). The quantitative estimate of drug-likeness (QED) is 0.671. The van der Waals surface area contributed by atoms with Crippen LogP contribution in [-0.4, -0.2) is 27.1 Å². The number of ether oxygens (including phenoxy) is 1. The van der Waals surface area contributed by atoms with Gasteiger partial charge in [0.15, 0.2) is 18.1 Å². The maximum absolute atomic E-state index is 12.6. The van der Waals surface area contributed by atoms with Crippen molar-refractivity contribution in [3.8, 4) is 5.75 Å². The third-order valence-electron chi connectivity index (χ3n) is 5.12. The first kappa shape index (κ1) is 21.8. The number of rotatable bonds is 5. The van der Waals surface area contributed by atoms with E-state index in [2.05, 4.69) is 69.2 Å². The van der Waals surface area contributed by atoms with Gasteiger partial charge in [0.1, 0.15) is 5.75 Å². The molecule has 0 spiro atoms. The highest BCUT2D eigenvalue weighted by Gasteiger charge is 2.24. The van der Waals surface area contributed by atoms with Crippen molar-refractivity contribution in [1.29, 1.82) is 0 Å². The average molecular weight is 409 g/mol. The molecule has 1 amide bonds. The Hall–Kier alpha value is -2.89. The van der Waals surface area contributed by atoms with E-state index in [-0.39, 0.29) is 29.4 Å². The number of carbonyl (C=O) groups is 1. The molecule has 2 aromatic heterocycles. The molecule has 0 saturated carbocycles. The largest absolute Gasteiger partial charge is 0.483 e. The van der Waals surface area contributed by atoms with Crippen molar-refractivity contribution >= 4 is 11.6 Å². The minimum atomic E-state index is -0.288. The highest BCUT2D eigenvalue weighted by Crippen LogP contribution is 2.35. The topological polar surface area (TPSA) is 68.5 Å². The predicted octanol–water partition coefficient (Wildman–Crippen LogP) is 4.58. The average Bonchev–Trinajstić information content (AvgIpc) is 3.09. The molecular formula is C24H32N4O2. The van der Waals surface area contributed by atoms with Gasteiger partial charge in [-0.15, -0.1) is 10.2 Å². The lowest BCUT2D eigenvalue weighted by Gasteiger charge is -2.27. The second kappa shape index (κ2) is 8.09. The summed E-state index contributed by atoms with van der Waals surface area (Å²) in [5, 5.41) is 11.3. The monoisotopic (exact) mass is 408 g/mol. The normalized spacial score (nSPS) is 13.3. The summed E-state index contributed by atoms with van der Waals surface area (Å²) in [5.41, 5.74) is 3.04. The van der Waals surface area contributed by atoms with E-state index in [1.165, 1.54) is 5.56 Å². The van der Waals surface area contributed by atoms with Gasteiger partial charge in [-0.1, -0.05) is 59.7 Å². The fourth-order valence-corrected chi connectivity index (χ4v) is 3.35. The van der Waals surface area contributed by atoms with Gasteiger partial charge in [-0.3, -0.25) is 9.20 Å². The highest BCUT2D eigenvalue weighted by molar-refractivity contribution is 5.78. The van der Waals surface area contributed by atoms with Crippen LogP contribution in [0.15, 0.2) is 42.6 Å². The Kier molecular flexibility index (Phi) is 5.88. The molecule has 30 heavy (non-hydrogen) atoms. The van der Waals surface area contributed by atoms with E-state index in [9.17, 15) is 4.79 Å². The van der Waals surface area contributed by atoms with Crippen LogP contribution in [-0.2, 0) is 15.6 Å². The van der Waals surface area contributed by atoms with Crippen LogP contribution in [0.3, 0.4) is 0 Å². The number of nitrogens with zero attached hydrogens (tertiary/aromatic N) is 3. The summed E-state index contributed by atoms with van der Waals surface area (Å²) in [6, 6.07) is 11.7. The fraction of sp³-hybridized carbons (Fsp3) is 0.458. The second-order valence-corrected chi connectivity index (χ2v) is 9.78. The molecular weight excluding hydrogens is 376 g/mol. The zero-order valence-electron chi connectivity index (χ0n) is 19.0. The highest BCUT2D eigenvalue weighted by atomic mass is 16.5.